The van der Waals surface area contributed by atoms with Crippen LogP contribution in [0.4, 0.5) is 0 Å². The molecule has 4 rings (SSSR count). The van der Waals surface area contributed by atoms with Crippen molar-refractivity contribution in [3.8, 4) is 0 Å². The number of carbonyl (C=O) groups excluding carboxylic acids is 3. The molecule has 1 saturated heterocycles. The van der Waals surface area contributed by atoms with Crippen molar-refractivity contribution in [2.75, 3.05) is 13.1 Å². The molecule has 2 fully saturated rings. The third-order valence-corrected chi connectivity index (χ3v) is 6.60. The number of rotatable bonds is 4. The second-order valence-corrected chi connectivity index (χ2v) is 8.54. The van der Waals surface area contributed by atoms with E-state index in [4.69, 9.17) is 0 Å². The normalized spacial score (nSPS) is 27.9. The Labute approximate surface area is 170 Å². The van der Waals surface area contributed by atoms with Crippen LogP contribution in [0, 0.1) is 11.3 Å². The number of hydrogen-bond acceptors (Lipinski definition) is 5. The number of piperidine rings is 1. The zero-order chi connectivity index (χ0) is 20.6. The smallest absolute Gasteiger partial charge is 0.249 e. The van der Waals surface area contributed by atoms with Gasteiger partial charge in [-0.25, -0.2) is 5.48 Å². The number of nitrogens with one attached hydrogen (secondary N) is 2. The maximum absolute atomic E-state index is 13.6. The average molecular weight is 397 g/mol. The van der Waals surface area contributed by atoms with E-state index in [2.05, 4.69) is 11.4 Å². The summed E-state index contributed by atoms with van der Waals surface area (Å²) >= 11 is 0. The van der Waals surface area contributed by atoms with Gasteiger partial charge in [-0.3, -0.25) is 19.6 Å². The molecular formula is C22H27N3O4. The first-order chi connectivity index (χ1) is 13.9. The van der Waals surface area contributed by atoms with Crippen LogP contribution in [-0.2, 0) is 14.4 Å². The number of amides is 2. The van der Waals surface area contributed by atoms with E-state index in [0.29, 0.717) is 25.9 Å². The Morgan fingerprint density at radius 1 is 1.21 bits per heavy atom. The fourth-order valence-electron chi connectivity index (χ4n) is 4.83. The van der Waals surface area contributed by atoms with Crippen LogP contribution in [0.2, 0.25) is 0 Å². The fourth-order valence-corrected chi connectivity index (χ4v) is 4.83. The van der Waals surface area contributed by atoms with Crippen LogP contribution in [0.25, 0.3) is 5.57 Å². The van der Waals surface area contributed by atoms with Gasteiger partial charge in [0.25, 0.3) is 0 Å². The molecule has 2 aliphatic heterocycles. The summed E-state index contributed by atoms with van der Waals surface area (Å²) in [6, 6.07) is 8.56. The third kappa shape index (κ3) is 3.84. The van der Waals surface area contributed by atoms with Crippen LogP contribution in [-0.4, -0.2) is 52.9 Å². The van der Waals surface area contributed by atoms with Gasteiger partial charge in [0.2, 0.25) is 11.8 Å². The number of hydrogen-bond donors (Lipinski definition) is 3. The molecule has 29 heavy (non-hydrogen) atoms. The van der Waals surface area contributed by atoms with Gasteiger partial charge in [0.15, 0.2) is 5.78 Å². The summed E-state index contributed by atoms with van der Waals surface area (Å²) in [4.78, 5) is 40.0. The minimum absolute atomic E-state index is 0.0886. The summed E-state index contributed by atoms with van der Waals surface area (Å²) in [7, 11) is 0. The molecule has 2 amide bonds. The second kappa shape index (κ2) is 7.72. The number of Topliss-reactive ketones (excluding diaryl/α,β-unsaturated/α-hetero) is 1. The lowest BCUT2D eigenvalue weighted by molar-refractivity contribution is -0.153. The molecule has 0 radical (unpaired) electrons. The van der Waals surface area contributed by atoms with E-state index in [9.17, 15) is 19.6 Å². The summed E-state index contributed by atoms with van der Waals surface area (Å²) < 4.78 is 0. The number of hydroxylamine groups is 1. The predicted molar refractivity (Wildman–Crippen MR) is 107 cm³/mol. The summed E-state index contributed by atoms with van der Waals surface area (Å²) in [5, 5.41) is 12.5. The fraction of sp³-hybridized carbons (Fsp3) is 0.500. The molecule has 1 aromatic carbocycles. The summed E-state index contributed by atoms with van der Waals surface area (Å²) in [5.41, 5.74) is 3.78. The van der Waals surface area contributed by atoms with Gasteiger partial charge >= 0.3 is 0 Å². The molecule has 3 N–H and O–H groups in total. The molecule has 1 aliphatic carbocycles. The number of nitrogens with zero attached hydrogens (tertiary/aromatic N) is 1. The van der Waals surface area contributed by atoms with Gasteiger partial charge in [0.05, 0.1) is 12.0 Å². The Hall–Kier alpha value is -2.51. The molecule has 154 valence electrons. The summed E-state index contributed by atoms with van der Waals surface area (Å²) in [6.07, 6.45) is 4.97. The quantitative estimate of drug-likeness (QED) is 0.529. The number of benzene rings is 1. The van der Waals surface area contributed by atoms with Crippen LogP contribution >= 0.6 is 0 Å². The zero-order valence-electron chi connectivity index (χ0n) is 16.6. The van der Waals surface area contributed by atoms with E-state index in [1.807, 2.05) is 30.3 Å². The van der Waals surface area contributed by atoms with Gasteiger partial charge < -0.3 is 10.2 Å². The van der Waals surface area contributed by atoms with E-state index >= 15 is 0 Å². The summed E-state index contributed by atoms with van der Waals surface area (Å²) in [5.74, 6) is -1.69. The third-order valence-electron chi connectivity index (χ3n) is 6.60. The van der Waals surface area contributed by atoms with E-state index in [-0.39, 0.29) is 17.1 Å². The molecule has 7 heteroatoms. The number of carbonyl (C=O) groups is 3. The van der Waals surface area contributed by atoms with Crippen molar-refractivity contribution in [1.29, 1.82) is 0 Å². The maximum atomic E-state index is 13.6. The number of ketones is 1. The lowest BCUT2D eigenvalue weighted by atomic mass is 9.76. The lowest BCUT2D eigenvalue weighted by Gasteiger charge is -2.44. The topological polar surface area (TPSA) is 98.7 Å². The van der Waals surface area contributed by atoms with Gasteiger partial charge in [-0.05, 0) is 42.2 Å². The highest BCUT2D eigenvalue weighted by molar-refractivity contribution is 5.98. The first-order valence-corrected chi connectivity index (χ1v) is 10.2. The van der Waals surface area contributed by atoms with Crippen molar-refractivity contribution in [2.45, 2.75) is 44.7 Å². The largest absolute Gasteiger partial charge is 0.331 e. The first-order valence-electron chi connectivity index (χ1n) is 10.2. The van der Waals surface area contributed by atoms with E-state index < -0.39 is 23.9 Å². The molecule has 0 aromatic heterocycles. The molecule has 3 atom stereocenters. The highest BCUT2D eigenvalue weighted by Gasteiger charge is 2.56. The molecule has 1 saturated carbocycles. The van der Waals surface area contributed by atoms with Gasteiger partial charge in [0.1, 0.15) is 6.04 Å². The van der Waals surface area contributed by atoms with Crippen LogP contribution in [0.3, 0.4) is 0 Å². The van der Waals surface area contributed by atoms with Crippen molar-refractivity contribution in [3.05, 3.63) is 42.0 Å². The van der Waals surface area contributed by atoms with Crippen LogP contribution in [0.5, 0.6) is 0 Å². The van der Waals surface area contributed by atoms with Crippen molar-refractivity contribution < 1.29 is 19.6 Å². The molecule has 2 heterocycles. The van der Waals surface area contributed by atoms with Crippen LogP contribution < -0.4 is 10.8 Å². The number of likely N-dealkylation sites (tertiary alicyclic amines) is 1. The Bertz CT molecular complexity index is 847. The SMILES string of the molecule is CC(=O)N1CC2(CC2)CC(C(=O)NO)C1C(=O)C1CC(c2ccccc2)=CCN1. The first kappa shape index (κ1) is 19.8. The highest BCUT2D eigenvalue weighted by atomic mass is 16.5. The Morgan fingerprint density at radius 3 is 2.55 bits per heavy atom. The zero-order valence-corrected chi connectivity index (χ0v) is 16.6. The average Bonchev–Trinajstić information content (AvgIpc) is 3.51. The molecule has 1 spiro atoms. The minimum Gasteiger partial charge on any atom is -0.331 e. The summed E-state index contributed by atoms with van der Waals surface area (Å²) in [6.45, 7) is 2.50. The highest BCUT2D eigenvalue weighted by Crippen LogP contribution is 2.55. The van der Waals surface area contributed by atoms with Crippen molar-refractivity contribution in [2.24, 2.45) is 11.3 Å². The molecule has 3 aliphatic rings. The van der Waals surface area contributed by atoms with Crippen molar-refractivity contribution >= 4 is 23.2 Å². The van der Waals surface area contributed by atoms with E-state index in [1.54, 1.807) is 10.4 Å². The molecular weight excluding hydrogens is 370 g/mol. The van der Waals surface area contributed by atoms with Gasteiger partial charge in [-0.1, -0.05) is 36.4 Å². The Morgan fingerprint density at radius 2 is 1.93 bits per heavy atom. The minimum atomic E-state index is -0.863. The standard InChI is InChI=1S/C22H27N3O4/c1-14(26)25-13-22(8-9-22)12-17(21(28)24-29)19(25)20(27)18-11-16(7-10-23-18)15-5-3-2-4-6-15/h2-7,17-19,23,29H,8-13H2,1H3,(H,24,28). The van der Waals surface area contributed by atoms with Gasteiger partial charge in [-0.15, -0.1) is 0 Å². The Balaban J connectivity index is 1.60. The van der Waals surface area contributed by atoms with Crippen LogP contribution in [0.1, 0.15) is 38.2 Å². The van der Waals surface area contributed by atoms with Crippen molar-refractivity contribution in [1.82, 2.24) is 15.7 Å². The molecule has 7 nitrogen and oxygen atoms in total. The molecule has 0 bridgehead atoms. The van der Waals surface area contributed by atoms with Crippen LogP contribution in [0.15, 0.2) is 36.4 Å². The van der Waals surface area contributed by atoms with Gasteiger partial charge in [-0.2, -0.15) is 0 Å². The molecule has 3 unspecified atom stereocenters. The monoisotopic (exact) mass is 397 g/mol. The Kier molecular flexibility index (Phi) is 5.27. The maximum Gasteiger partial charge on any atom is 0.249 e. The molecule has 1 aromatic rings. The van der Waals surface area contributed by atoms with E-state index in [1.165, 1.54) is 6.92 Å². The predicted octanol–water partition coefficient (Wildman–Crippen LogP) is 1.52. The van der Waals surface area contributed by atoms with E-state index in [0.717, 1.165) is 24.0 Å². The van der Waals surface area contributed by atoms with Gasteiger partial charge in [0, 0.05) is 20.0 Å². The second-order valence-electron chi connectivity index (χ2n) is 8.54. The lowest BCUT2D eigenvalue weighted by Crippen LogP contribution is -2.62. The van der Waals surface area contributed by atoms with Crippen molar-refractivity contribution in [3.63, 3.8) is 0 Å².